The number of para-hydroxylation sites is 1. The molecule has 1 N–H and O–H groups in total. The molecule has 3 rings (SSSR count). The summed E-state index contributed by atoms with van der Waals surface area (Å²) < 4.78 is 5.68. The van der Waals surface area contributed by atoms with E-state index < -0.39 is 0 Å². The average molecular weight is 280 g/mol. The van der Waals surface area contributed by atoms with Crippen LogP contribution in [0.5, 0.6) is 5.75 Å². The van der Waals surface area contributed by atoms with Crippen molar-refractivity contribution in [3.8, 4) is 5.75 Å². The van der Waals surface area contributed by atoms with Crippen LogP contribution in [0.1, 0.15) is 24.8 Å². The Morgan fingerprint density at radius 2 is 2.21 bits per heavy atom. The molecule has 1 aliphatic carbocycles. The van der Waals surface area contributed by atoms with Crippen molar-refractivity contribution in [2.45, 2.75) is 31.8 Å². The number of nitrogens with one attached hydrogen (secondary N) is 1. The van der Waals surface area contributed by atoms with E-state index in [0.717, 1.165) is 24.3 Å². The Hall–Kier alpha value is -1.22. The number of halogens is 1. The van der Waals surface area contributed by atoms with E-state index in [1.807, 2.05) is 24.3 Å². The van der Waals surface area contributed by atoms with E-state index >= 15 is 0 Å². The molecule has 0 bridgehead atoms. The highest BCUT2D eigenvalue weighted by molar-refractivity contribution is 6.17. The number of benzene rings is 1. The molecule has 1 saturated carbocycles. The summed E-state index contributed by atoms with van der Waals surface area (Å²) in [4.78, 5) is 12.1. The molecular formula is C15H18ClNO2. The van der Waals surface area contributed by atoms with Crippen molar-refractivity contribution in [3.63, 3.8) is 0 Å². The van der Waals surface area contributed by atoms with E-state index in [1.165, 1.54) is 12.8 Å². The number of carbonyl (C=O) groups excluding carboxylic acids is 1. The van der Waals surface area contributed by atoms with Crippen LogP contribution in [0.2, 0.25) is 0 Å². The molecule has 102 valence electrons. The van der Waals surface area contributed by atoms with Gasteiger partial charge in [-0.25, -0.2) is 0 Å². The molecule has 19 heavy (non-hydrogen) atoms. The SMILES string of the molecule is O=C(NCC1(CCCl)CC1)C1Cc2ccccc2O1. The Morgan fingerprint density at radius 3 is 2.89 bits per heavy atom. The second-order valence-electron chi connectivity index (χ2n) is 5.58. The largest absolute Gasteiger partial charge is 0.480 e. The fourth-order valence-electron chi connectivity index (χ4n) is 2.61. The van der Waals surface area contributed by atoms with E-state index in [-0.39, 0.29) is 17.4 Å². The van der Waals surface area contributed by atoms with Crippen molar-refractivity contribution in [1.29, 1.82) is 0 Å². The maximum Gasteiger partial charge on any atom is 0.261 e. The fourth-order valence-corrected chi connectivity index (χ4v) is 3.01. The third-order valence-corrected chi connectivity index (χ3v) is 4.35. The Morgan fingerprint density at radius 1 is 1.42 bits per heavy atom. The Balaban J connectivity index is 1.53. The van der Waals surface area contributed by atoms with E-state index in [1.54, 1.807) is 0 Å². The van der Waals surface area contributed by atoms with Crippen molar-refractivity contribution in [3.05, 3.63) is 29.8 Å². The second-order valence-corrected chi connectivity index (χ2v) is 5.95. The molecule has 1 atom stereocenters. The van der Waals surface area contributed by atoms with Gasteiger partial charge < -0.3 is 10.1 Å². The Labute approximate surface area is 118 Å². The first kappa shape index (κ1) is 12.8. The number of ether oxygens (including phenoxy) is 1. The van der Waals surface area contributed by atoms with Gasteiger partial charge in [0.05, 0.1) is 0 Å². The Kier molecular flexibility index (Phi) is 3.40. The molecule has 0 aromatic heterocycles. The first-order valence-electron chi connectivity index (χ1n) is 6.81. The van der Waals surface area contributed by atoms with Crippen molar-refractivity contribution >= 4 is 17.5 Å². The van der Waals surface area contributed by atoms with Crippen LogP contribution in [0, 0.1) is 5.41 Å². The highest BCUT2D eigenvalue weighted by atomic mass is 35.5. The molecule has 1 unspecified atom stereocenters. The van der Waals surface area contributed by atoms with Crippen LogP contribution in [-0.4, -0.2) is 24.4 Å². The zero-order valence-corrected chi connectivity index (χ0v) is 11.6. The van der Waals surface area contributed by atoms with E-state index in [2.05, 4.69) is 5.32 Å². The lowest BCUT2D eigenvalue weighted by Gasteiger charge is -2.16. The van der Waals surface area contributed by atoms with Crippen LogP contribution in [-0.2, 0) is 11.2 Å². The number of fused-ring (bicyclic) bond motifs is 1. The number of hydrogen-bond acceptors (Lipinski definition) is 2. The highest BCUT2D eigenvalue weighted by Crippen LogP contribution is 2.48. The summed E-state index contributed by atoms with van der Waals surface area (Å²) in [7, 11) is 0. The lowest BCUT2D eigenvalue weighted by Crippen LogP contribution is -2.40. The molecule has 1 heterocycles. The summed E-state index contributed by atoms with van der Waals surface area (Å²) in [6, 6.07) is 7.83. The predicted octanol–water partition coefficient (Wildman–Crippen LogP) is 2.52. The monoisotopic (exact) mass is 279 g/mol. The number of rotatable bonds is 5. The highest BCUT2D eigenvalue weighted by Gasteiger charge is 2.42. The van der Waals surface area contributed by atoms with Gasteiger partial charge in [0.1, 0.15) is 5.75 Å². The maximum atomic E-state index is 12.1. The minimum absolute atomic E-state index is 0.00273. The van der Waals surface area contributed by atoms with Crippen LogP contribution in [0.3, 0.4) is 0 Å². The summed E-state index contributed by atoms with van der Waals surface area (Å²) in [5, 5.41) is 3.02. The van der Waals surface area contributed by atoms with Gasteiger partial charge in [0.25, 0.3) is 5.91 Å². The van der Waals surface area contributed by atoms with Gasteiger partial charge in [-0.3, -0.25) is 4.79 Å². The van der Waals surface area contributed by atoms with E-state index in [0.29, 0.717) is 12.3 Å². The van der Waals surface area contributed by atoms with Crippen LogP contribution in [0.4, 0.5) is 0 Å². The number of carbonyl (C=O) groups is 1. The summed E-state index contributed by atoms with van der Waals surface area (Å²) >= 11 is 5.79. The molecule has 1 aliphatic heterocycles. The standard InChI is InChI=1S/C15H18ClNO2/c16-8-7-15(5-6-15)10-17-14(18)13-9-11-3-1-2-4-12(11)19-13/h1-4,13H,5-10H2,(H,17,18). The van der Waals surface area contributed by atoms with Crippen LogP contribution in [0.15, 0.2) is 24.3 Å². The molecule has 0 spiro atoms. The molecule has 1 aromatic carbocycles. The van der Waals surface area contributed by atoms with Gasteiger partial charge >= 0.3 is 0 Å². The van der Waals surface area contributed by atoms with Gasteiger partial charge in [0.15, 0.2) is 6.10 Å². The molecular weight excluding hydrogens is 262 g/mol. The van der Waals surface area contributed by atoms with Crippen molar-refractivity contribution in [2.24, 2.45) is 5.41 Å². The number of hydrogen-bond donors (Lipinski definition) is 1. The van der Waals surface area contributed by atoms with Gasteiger partial charge in [0, 0.05) is 18.8 Å². The predicted molar refractivity (Wildman–Crippen MR) is 74.6 cm³/mol. The molecule has 1 aromatic rings. The zero-order valence-electron chi connectivity index (χ0n) is 10.8. The van der Waals surface area contributed by atoms with Gasteiger partial charge in [-0.05, 0) is 36.3 Å². The lowest BCUT2D eigenvalue weighted by atomic mass is 10.0. The van der Waals surface area contributed by atoms with E-state index in [4.69, 9.17) is 16.3 Å². The quantitative estimate of drug-likeness (QED) is 0.841. The first-order valence-corrected chi connectivity index (χ1v) is 7.34. The van der Waals surface area contributed by atoms with Gasteiger partial charge in [-0.1, -0.05) is 18.2 Å². The Bertz CT molecular complexity index is 460. The average Bonchev–Trinajstić information content (AvgIpc) is 3.04. The van der Waals surface area contributed by atoms with Crippen molar-refractivity contribution in [1.82, 2.24) is 5.32 Å². The van der Waals surface area contributed by atoms with Gasteiger partial charge in [0.2, 0.25) is 0 Å². The molecule has 1 amide bonds. The van der Waals surface area contributed by atoms with Crippen molar-refractivity contribution in [2.75, 3.05) is 12.4 Å². The normalized spacial score (nSPS) is 22.5. The first-order chi connectivity index (χ1) is 9.22. The minimum atomic E-state index is -0.371. The zero-order chi connectivity index (χ0) is 13.3. The third-order valence-electron chi connectivity index (χ3n) is 4.16. The molecule has 2 aliphatic rings. The molecule has 0 saturated heterocycles. The molecule has 4 heteroatoms. The van der Waals surface area contributed by atoms with Crippen LogP contribution < -0.4 is 10.1 Å². The smallest absolute Gasteiger partial charge is 0.261 e. The summed E-state index contributed by atoms with van der Waals surface area (Å²) in [5.41, 5.74) is 1.38. The molecule has 0 radical (unpaired) electrons. The maximum absolute atomic E-state index is 12.1. The summed E-state index contributed by atoms with van der Waals surface area (Å²) in [6.45, 7) is 0.731. The summed E-state index contributed by atoms with van der Waals surface area (Å²) in [6.07, 6.45) is 3.63. The minimum Gasteiger partial charge on any atom is -0.480 e. The van der Waals surface area contributed by atoms with Crippen LogP contribution in [0.25, 0.3) is 0 Å². The van der Waals surface area contributed by atoms with Crippen LogP contribution >= 0.6 is 11.6 Å². The third kappa shape index (κ3) is 2.71. The summed E-state index contributed by atoms with van der Waals surface area (Å²) in [5.74, 6) is 1.50. The molecule has 1 fully saturated rings. The second kappa shape index (κ2) is 5.04. The fraction of sp³-hybridized carbons (Fsp3) is 0.533. The van der Waals surface area contributed by atoms with Crippen molar-refractivity contribution < 1.29 is 9.53 Å². The number of amides is 1. The van der Waals surface area contributed by atoms with Gasteiger partial charge in [-0.2, -0.15) is 0 Å². The molecule has 3 nitrogen and oxygen atoms in total. The van der Waals surface area contributed by atoms with Gasteiger partial charge in [-0.15, -0.1) is 11.6 Å². The number of alkyl halides is 1. The van der Waals surface area contributed by atoms with E-state index in [9.17, 15) is 4.79 Å². The lowest BCUT2D eigenvalue weighted by molar-refractivity contribution is -0.127. The topological polar surface area (TPSA) is 38.3 Å².